The molecule has 100 valence electrons. The number of nitrogens with one attached hydrogen (secondary N) is 1. The second-order valence-electron chi connectivity index (χ2n) is 5.08. The summed E-state index contributed by atoms with van der Waals surface area (Å²) in [6.45, 7) is 0.396. The fraction of sp³-hybridized carbons (Fsp3) is 0.923. The zero-order valence-electron chi connectivity index (χ0n) is 10.7. The standard InChI is InChI=1S/C13H26N2O2/c14-12(10-16)13(17)15-9-5-4-8-11-6-2-1-3-7-11/h11-12,16H,1-10,14H2,(H,15,17). The molecule has 0 radical (unpaired) electrons. The van der Waals surface area contributed by atoms with Gasteiger partial charge in [0.2, 0.25) is 5.91 Å². The second kappa shape index (κ2) is 8.48. The van der Waals surface area contributed by atoms with Crippen LogP contribution in [0.25, 0.3) is 0 Å². The van der Waals surface area contributed by atoms with Crippen molar-refractivity contribution in [1.82, 2.24) is 5.32 Å². The van der Waals surface area contributed by atoms with E-state index < -0.39 is 6.04 Å². The van der Waals surface area contributed by atoms with Crippen molar-refractivity contribution in [2.75, 3.05) is 13.2 Å². The van der Waals surface area contributed by atoms with Crippen LogP contribution in [0, 0.1) is 5.92 Å². The average molecular weight is 242 g/mol. The van der Waals surface area contributed by atoms with Crippen LogP contribution in [0.4, 0.5) is 0 Å². The number of rotatable bonds is 7. The molecule has 1 fully saturated rings. The summed E-state index contributed by atoms with van der Waals surface area (Å²) in [5.74, 6) is 0.671. The molecule has 17 heavy (non-hydrogen) atoms. The zero-order valence-corrected chi connectivity index (χ0v) is 10.7. The Kier molecular flexibility index (Phi) is 7.21. The molecule has 0 bridgehead atoms. The van der Waals surface area contributed by atoms with Gasteiger partial charge in [-0.1, -0.05) is 44.9 Å². The molecule has 1 saturated carbocycles. The second-order valence-corrected chi connectivity index (χ2v) is 5.08. The van der Waals surface area contributed by atoms with Crippen LogP contribution in [-0.4, -0.2) is 30.2 Å². The Hall–Kier alpha value is -0.610. The van der Waals surface area contributed by atoms with E-state index in [-0.39, 0.29) is 12.5 Å². The Morgan fingerprint density at radius 1 is 1.29 bits per heavy atom. The summed E-state index contributed by atoms with van der Waals surface area (Å²) < 4.78 is 0. The third kappa shape index (κ3) is 6.03. The molecule has 0 saturated heterocycles. The van der Waals surface area contributed by atoms with Gasteiger partial charge >= 0.3 is 0 Å². The number of hydrogen-bond donors (Lipinski definition) is 3. The van der Waals surface area contributed by atoms with E-state index >= 15 is 0 Å². The maximum absolute atomic E-state index is 11.2. The number of amides is 1. The van der Waals surface area contributed by atoms with E-state index in [1.807, 2.05) is 0 Å². The Bertz CT molecular complexity index is 215. The molecule has 4 heteroatoms. The van der Waals surface area contributed by atoms with Crippen LogP contribution in [0.15, 0.2) is 0 Å². The molecule has 4 N–H and O–H groups in total. The van der Waals surface area contributed by atoms with Crippen molar-refractivity contribution in [3.8, 4) is 0 Å². The van der Waals surface area contributed by atoms with Gasteiger partial charge in [0.1, 0.15) is 6.04 Å². The maximum atomic E-state index is 11.2. The van der Waals surface area contributed by atoms with Gasteiger partial charge in [0.15, 0.2) is 0 Å². The minimum Gasteiger partial charge on any atom is -0.394 e. The molecule has 0 aromatic rings. The topological polar surface area (TPSA) is 75.3 Å². The van der Waals surface area contributed by atoms with Crippen LogP contribution in [0.3, 0.4) is 0 Å². The van der Waals surface area contributed by atoms with Crippen molar-refractivity contribution in [1.29, 1.82) is 0 Å². The summed E-state index contributed by atoms with van der Waals surface area (Å²) in [7, 11) is 0. The van der Waals surface area contributed by atoms with Gasteiger partial charge in [-0.2, -0.15) is 0 Å². The first-order valence-electron chi connectivity index (χ1n) is 6.88. The summed E-state index contributed by atoms with van der Waals surface area (Å²) in [6.07, 6.45) is 10.5. The Balaban J connectivity index is 1.95. The van der Waals surface area contributed by atoms with Gasteiger partial charge in [-0.15, -0.1) is 0 Å². The van der Waals surface area contributed by atoms with Crippen LogP contribution < -0.4 is 11.1 Å². The molecular formula is C13H26N2O2. The zero-order chi connectivity index (χ0) is 12.5. The predicted molar refractivity (Wildman–Crippen MR) is 68.5 cm³/mol. The van der Waals surface area contributed by atoms with Gasteiger partial charge in [-0.05, 0) is 12.3 Å². The lowest BCUT2D eigenvalue weighted by Crippen LogP contribution is -2.43. The first kappa shape index (κ1) is 14.5. The number of carbonyl (C=O) groups is 1. The highest BCUT2D eigenvalue weighted by atomic mass is 16.3. The molecule has 0 heterocycles. The molecule has 1 aliphatic carbocycles. The van der Waals surface area contributed by atoms with Gasteiger partial charge in [0.05, 0.1) is 6.61 Å². The minimum atomic E-state index is -0.770. The smallest absolute Gasteiger partial charge is 0.239 e. The Morgan fingerprint density at radius 2 is 2.00 bits per heavy atom. The average Bonchev–Trinajstić information content (AvgIpc) is 2.38. The quantitative estimate of drug-likeness (QED) is 0.587. The van der Waals surface area contributed by atoms with Gasteiger partial charge in [-0.3, -0.25) is 4.79 Å². The molecule has 1 amide bonds. The van der Waals surface area contributed by atoms with Crippen LogP contribution in [-0.2, 0) is 4.79 Å². The van der Waals surface area contributed by atoms with E-state index in [1.165, 1.54) is 44.9 Å². The SMILES string of the molecule is NC(CO)C(=O)NCCCCC1CCCCC1. The number of carbonyl (C=O) groups excluding carboxylic acids is 1. The lowest BCUT2D eigenvalue weighted by Gasteiger charge is -2.21. The highest BCUT2D eigenvalue weighted by molar-refractivity contribution is 5.81. The van der Waals surface area contributed by atoms with E-state index in [2.05, 4.69) is 5.32 Å². The summed E-state index contributed by atoms with van der Waals surface area (Å²) in [6, 6.07) is -0.770. The minimum absolute atomic E-state index is 0.245. The van der Waals surface area contributed by atoms with Crippen molar-refractivity contribution in [2.24, 2.45) is 11.7 Å². The van der Waals surface area contributed by atoms with Gasteiger partial charge in [0, 0.05) is 6.54 Å². The van der Waals surface area contributed by atoms with Crippen molar-refractivity contribution in [3.63, 3.8) is 0 Å². The highest BCUT2D eigenvalue weighted by Crippen LogP contribution is 2.27. The first-order valence-corrected chi connectivity index (χ1v) is 6.88. The molecule has 1 atom stereocenters. The van der Waals surface area contributed by atoms with Crippen molar-refractivity contribution >= 4 is 5.91 Å². The largest absolute Gasteiger partial charge is 0.394 e. The van der Waals surface area contributed by atoms with Crippen LogP contribution in [0.5, 0.6) is 0 Å². The monoisotopic (exact) mass is 242 g/mol. The fourth-order valence-electron chi connectivity index (χ4n) is 2.46. The summed E-state index contributed by atoms with van der Waals surface area (Å²) >= 11 is 0. The van der Waals surface area contributed by atoms with Gasteiger partial charge < -0.3 is 16.2 Å². The van der Waals surface area contributed by atoms with E-state index in [9.17, 15) is 4.79 Å². The van der Waals surface area contributed by atoms with E-state index in [1.54, 1.807) is 0 Å². The summed E-state index contributed by atoms with van der Waals surface area (Å²) in [4.78, 5) is 11.2. The molecule has 0 aromatic carbocycles. The number of hydrogen-bond acceptors (Lipinski definition) is 3. The van der Waals surface area contributed by atoms with Crippen molar-refractivity contribution in [3.05, 3.63) is 0 Å². The van der Waals surface area contributed by atoms with Crippen LogP contribution in [0.2, 0.25) is 0 Å². The summed E-state index contributed by atoms with van der Waals surface area (Å²) in [5.41, 5.74) is 5.39. The molecule has 4 nitrogen and oxygen atoms in total. The molecular weight excluding hydrogens is 216 g/mol. The Morgan fingerprint density at radius 3 is 2.65 bits per heavy atom. The lowest BCUT2D eigenvalue weighted by molar-refractivity contribution is -0.123. The van der Waals surface area contributed by atoms with Crippen molar-refractivity contribution in [2.45, 2.75) is 57.4 Å². The predicted octanol–water partition coefficient (Wildman–Crippen LogP) is 1.17. The lowest BCUT2D eigenvalue weighted by atomic mass is 9.86. The number of aliphatic hydroxyl groups excluding tert-OH is 1. The van der Waals surface area contributed by atoms with Crippen molar-refractivity contribution < 1.29 is 9.90 Å². The van der Waals surface area contributed by atoms with Gasteiger partial charge in [-0.25, -0.2) is 0 Å². The first-order chi connectivity index (χ1) is 8.24. The molecule has 1 rings (SSSR count). The molecule has 0 spiro atoms. The van der Waals surface area contributed by atoms with Gasteiger partial charge in [0.25, 0.3) is 0 Å². The highest BCUT2D eigenvalue weighted by Gasteiger charge is 2.13. The molecule has 0 aliphatic heterocycles. The molecule has 1 aliphatic rings. The Labute approximate surface area is 104 Å². The third-order valence-corrected chi connectivity index (χ3v) is 3.60. The summed E-state index contributed by atoms with van der Waals surface area (Å²) in [5, 5.41) is 11.4. The third-order valence-electron chi connectivity index (χ3n) is 3.60. The van der Waals surface area contributed by atoms with Crippen LogP contribution in [0.1, 0.15) is 51.4 Å². The normalized spacial score (nSPS) is 18.9. The number of nitrogens with two attached hydrogens (primary N) is 1. The van der Waals surface area contributed by atoms with Crippen LogP contribution >= 0.6 is 0 Å². The van der Waals surface area contributed by atoms with E-state index in [4.69, 9.17) is 10.8 Å². The number of unbranched alkanes of at least 4 members (excludes halogenated alkanes) is 1. The van der Waals surface area contributed by atoms with E-state index in [0.29, 0.717) is 6.54 Å². The van der Waals surface area contributed by atoms with E-state index in [0.717, 1.165) is 12.3 Å². The molecule has 0 aromatic heterocycles. The number of aliphatic hydroxyl groups is 1. The fourth-order valence-corrected chi connectivity index (χ4v) is 2.46. The maximum Gasteiger partial charge on any atom is 0.239 e. The molecule has 1 unspecified atom stereocenters.